The molecule has 0 fully saturated rings. The lowest BCUT2D eigenvalue weighted by Crippen LogP contribution is -2.13. The van der Waals surface area contributed by atoms with Gasteiger partial charge in [-0.2, -0.15) is 5.26 Å². The van der Waals surface area contributed by atoms with Crippen LogP contribution in [0.4, 0.5) is 0 Å². The summed E-state index contributed by atoms with van der Waals surface area (Å²) >= 11 is 1.58. The van der Waals surface area contributed by atoms with Gasteiger partial charge in [-0.1, -0.05) is 42.5 Å². The quantitative estimate of drug-likeness (QED) is 0.761. The highest BCUT2D eigenvalue weighted by Gasteiger charge is 2.25. The van der Waals surface area contributed by atoms with Gasteiger partial charge in [0.15, 0.2) is 5.88 Å². The molecule has 4 rings (SSSR count). The van der Waals surface area contributed by atoms with Gasteiger partial charge in [0, 0.05) is 12.0 Å². The molecule has 2 aromatic carbocycles. The maximum Gasteiger partial charge on any atom is 0.210 e. The van der Waals surface area contributed by atoms with E-state index in [0.717, 1.165) is 31.9 Å². The van der Waals surface area contributed by atoms with Crippen molar-refractivity contribution in [1.29, 1.82) is 5.26 Å². The van der Waals surface area contributed by atoms with Gasteiger partial charge >= 0.3 is 0 Å². The van der Waals surface area contributed by atoms with E-state index in [9.17, 15) is 5.26 Å². The van der Waals surface area contributed by atoms with E-state index >= 15 is 0 Å². The minimum Gasteiger partial charge on any atom is -0.430 e. The zero-order chi connectivity index (χ0) is 16.5. The second-order valence-electron chi connectivity index (χ2n) is 5.39. The molecule has 2 heterocycles. The fraction of sp³-hybridized carbons (Fsp3) is 0.0526. The van der Waals surface area contributed by atoms with Crippen molar-refractivity contribution in [2.45, 2.75) is 6.42 Å². The Labute approximate surface area is 143 Å². The zero-order valence-corrected chi connectivity index (χ0v) is 13.5. The average molecular weight is 331 g/mol. The SMILES string of the molecule is N#CC1=C(c2ccccc2)CC(c2nc3ccccc3s2)=C(N)O1. The molecule has 24 heavy (non-hydrogen) atoms. The van der Waals surface area contributed by atoms with Gasteiger partial charge in [0.05, 0.1) is 15.8 Å². The summed E-state index contributed by atoms with van der Waals surface area (Å²) in [7, 11) is 0. The summed E-state index contributed by atoms with van der Waals surface area (Å²) in [5.74, 6) is 0.508. The third kappa shape index (κ3) is 2.43. The van der Waals surface area contributed by atoms with E-state index in [1.54, 1.807) is 11.3 Å². The minimum atomic E-state index is 0.253. The Kier molecular flexibility index (Phi) is 3.52. The van der Waals surface area contributed by atoms with Crippen LogP contribution in [0, 0.1) is 11.3 Å². The highest BCUT2D eigenvalue weighted by Crippen LogP contribution is 2.39. The lowest BCUT2D eigenvalue weighted by molar-refractivity contribution is 0.317. The summed E-state index contributed by atoms with van der Waals surface area (Å²) in [6.45, 7) is 0. The number of para-hydroxylation sites is 1. The topological polar surface area (TPSA) is 71.9 Å². The predicted molar refractivity (Wildman–Crippen MR) is 95.4 cm³/mol. The van der Waals surface area contributed by atoms with E-state index in [1.165, 1.54) is 0 Å². The standard InChI is InChI=1S/C19H13N3OS/c20-11-16-13(12-6-2-1-3-7-12)10-14(18(21)23-16)19-22-15-8-4-5-9-17(15)24-19/h1-9H,10,21H2. The molecule has 1 aromatic heterocycles. The van der Waals surface area contributed by atoms with Crippen LogP contribution in [0.3, 0.4) is 0 Å². The Balaban J connectivity index is 1.79. The summed E-state index contributed by atoms with van der Waals surface area (Å²) in [5, 5.41) is 10.2. The number of thiazole rings is 1. The molecule has 0 saturated heterocycles. The average Bonchev–Trinajstić information content (AvgIpc) is 3.06. The van der Waals surface area contributed by atoms with E-state index in [2.05, 4.69) is 11.1 Å². The second-order valence-corrected chi connectivity index (χ2v) is 6.42. The minimum absolute atomic E-state index is 0.253. The first-order valence-electron chi connectivity index (χ1n) is 7.47. The highest BCUT2D eigenvalue weighted by atomic mass is 32.1. The van der Waals surface area contributed by atoms with Crippen LogP contribution in [0.2, 0.25) is 0 Å². The number of ether oxygens (including phenoxy) is 1. The summed E-state index contributed by atoms with van der Waals surface area (Å²) in [5.41, 5.74) is 9.64. The second kappa shape index (κ2) is 5.84. The van der Waals surface area contributed by atoms with E-state index in [-0.39, 0.29) is 11.6 Å². The Hall–Kier alpha value is -3.10. The zero-order valence-electron chi connectivity index (χ0n) is 12.7. The summed E-state index contributed by atoms with van der Waals surface area (Å²) in [6.07, 6.45) is 0.526. The van der Waals surface area contributed by atoms with Crippen LogP contribution in [-0.2, 0) is 4.74 Å². The molecule has 1 aliphatic heterocycles. The van der Waals surface area contributed by atoms with Gasteiger partial charge in [0.25, 0.3) is 0 Å². The molecule has 0 saturated carbocycles. The lowest BCUT2D eigenvalue weighted by atomic mass is 9.96. The van der Waals surface area contributed by atoms with Crippen LogP contribution in [0.5, 0.6) is 0 Å². The molecule has 0 amide bonds. The Morgan fingerprint density at radius 3 is 2.54 bits per heavy atom. The van der Waals surface area contributed by atoms with Gasteiger partial charge in [-0.05, 0) is 17.7 Å². The third-order valence-electron chi connectivity index (χ3n) is 3.91. The van der Waals surface area contributed by atoms with Crippen molar-refractivity contribution in [3.05, 3.63) is 76.8 Å². The molecule has 1 aliphatic rings. The number of hydrogen-bond acceptors (Lipinski definition) is 5. The Bertz CT molecular complexity index is 992. The van der Waals surface area contributed by atoms with Crippen molar-refractivity contribution < 1.29 is 4.74 Å². The van der Waals surface area contributed by atoms with Crippen LogP contribution >= 0.6 is 11.3 Å². The first-order chi connectivity index (χ1) is 11.8. The normalized spacial score (nSPS) is 14.6. The number of allylic oxidation sites excluding steroid dienone is 3. The van der Waals surface area contributed by atoms with Gasteiger partial charge in [-0.3, -0.25) is 0 Å². The summed E-state index contributed by atoms with van der Waals surface area (Å²) in [4.78, 5) is 4.66. The van der Waals surface area contributed by atoms with E-state index < -0.39 is 0 Å². The van der Waals surface area contributed by atoms with Crippen LogP contribution in [-0.4, -0.2) is 4.98 Å². The van der Waals surface area contributed by atoms with Crippen molar-refractivity contribution in [3.8, 4) is 6.07 Å². The van der Waals surface area contributed by atoms with Gasteiger partial charge in [-0.25, -0.2) is 4.98 Å². The maximum atomic E-state index is 9.39. The van der Waals surface area contributed by atoms with Gasteiger partial charge in [0.2, 0.25) is 5.76 Å². The summed E-state index contributed by atoms with van der Waals surface area (Å²) in [6, 6.07) is 19.8. The first kappa shape index (κ1) is 14.5. The number of nitriles is 1. The molecule has 0 spiro atoms. The van der Waals surface area contributed by atoms with Crippen LogP contribution in [0.15, 0.2) is 66.2 Å². The molecule has 4 nitrogen and oxygen atoms in total. The summed E-state index contributed by atoms with van der Waals surface area (Å²) < 4.78 is 6.71. The third-order valence-corrected chi connectivity index (χ3v) is 5.01. The number of benzene rings is 2. The number of rotatable bonds is 2. The van der Waals surface area contributed by atoms with Gasteiger partial charge in [-0.15, -0.1) is 11.3 Å². The molecule has 0 radical (unpaired) electrons. The largest absolute Gasteiger partial charge is 0.430 e. The molecule has 0 aliphatic carbocycles. The molecular formula is C19H13N3OS. The van der Waals surface area contributed by atoms with Gasteiger partial charge < -0.3 is 10.5 Å². The molecule has 5 heteroatoms. The highest BCUT2D eigenvalue weighted by molar-refractivity contribution is 7.19. The molecular weight excluding hydrogens is 318 g/mol. The molecule has 0 bridgehead atoms. The van der Waals surface area contributed by atoms with Crippen LogP contribution < -0.4 is 5.73 Å². The van der Waals surface area contributed by atoms with E-state index in [1.807, 2.05) is 54.6 Å². The molecule has 116 valence electrons. The van der Waals surface area contributed by atoms with Crippen molar-refractivity contribution >= 4 is 32.7 Å². The number of aromatic nitrogens is 1. The number of fused-ring (bicyclic) bond motifs is 1. The van der Waals surface area contributed by atoms with Crippen LogP contribution in [0.25, 0.3) is 21.4 Å². The first-order valence-corrected chi connectivity index (χ1v) is 8.29. The molecule has 2 N–H and O–H groups in total. The van der Waals surface area contributed by atoms with Crippen molar-refractivity contribution in [1.82, 2.24) is 4.98 Å². The molecule has 3 aromatic rings. The molecule has 0 atom stereocenters. The Morgan fingerprint density at radius 2 is 1.79 bits per heavy atom. The fourth-order valence-electron chi connectivity index (χ4n) is 2.72. The lowest BCUT2D eigenvalue weighted by Gasteiger charge is -2.20. The van der Waals surface area contributed by atoms with Crippen molar-refractivity contribution in [3.63, 3.8) is 0 Å². The fourth-order valence-corrected chi connectivity index (χ4v) is 3.74. The Morgan fingerprint density at radius 1 is 1.04 bits per heavy atom. The molecule has 0 unspecified atom stereocenters. The smallest absolute Gasteiger partial charge is 0.210 e. The van der Waals surface area contributed by atoms with Crippen molar-refractivity contribution in [2.75, 3.05) is 0 Å². The predicted octanol–water partition coefficient (Wildman–Crippen LogP) is 4.28. The number of hydrogen-bond donors (Lipinski definition) is 1. The monoisotopic (exact) mass is 331 g/mol. The van der Waals surface area contributed by atoms with Crippen LogP contribution in [0.1, 0.15) is 17.0 Å². The number of nitrogens with zero attached hydrogens (tertiary/aromatic N) is 2. The maximum absolute atomic E-state index is 9.39. The van der Waals surface area contributed by atoms with E-state index in [0.29, 0.717) is 6.42 Å². The van der Waals surface area contributed by atoms with E-state index in [4.69, 9.17) is 10.5 Å². The van der Waals surface area contributed by atoms with Gasteiger partial charge in [0.1, 0.15) is 11.1 Å². The number of nitrogens with two attached hydrogens (primary N) is 1. The van der Waals surface area contributed by atoms with Crippen molar-refractivity contribution in [2.24, 2.45) is 5.73 Å².